The topological polar surface area (TPSA) is 90.9 Å². The van der Waals surface area contributed by atoms with Crippen LogP contribution in [0.4, 0.5) is 5.82 Å². The molecule has 0 unspecified atom stereocenters. The zero-order valence-electron chi connectivity index (χ0n) is 6.14. The fraction of sp³-hybridized carbons (Fsp3) is 0.500. The van der Waals surface area contributed by atoms with Crippen molar-refractivity contribution in [2.24, 2.45) is 7.05 Å². The number of nitrogens with zero attached hydrogens (tertiary/aromatic N) is 3. The van der Waals surface area contributed by atoms with Gasteiger partial charge >= 0.3 is 0 Å². The molecule has 0 aliphatic carbocycles. The van der Waals surface area contributed by atoms with Crippen molar-refractivity contribution in [2.75, 3.05) is 12.0 Å². The van der Waals surface area contributed by atoms with Gasteiger partial charge in [-0.1, -0.05) is 5.21 Å². The Bertz CT molecular complexity index is 365. The van der Waals surface area contributed by atoms with Crippen LogP contribution in [0.3, 0.4) is 0 Å². The van der Waals surface area contributed by atoms with Crippen molar-refractivity contribution in [3.05, 3.63) is 0 Å². The SMILES string of the molecule is Cn1nnc(S(C)(=O)=O)c1N. The Balaban J connectivity index is 3.38. The van der Waals surface area contributed by atoms with E-state index in [9.17, 15) is 8.42 Å². The lowest BCUT2D eigenvalue weighted by atomic mass is 10.8. The van der Waals surface area contributed by atoms with Gasteiger partial charge in [0.15, 0.2) is 15.7 Å². The Labute approximate surface area is 63.9 Å². The maximum Gasteiger partial charge on any atom is 0.220 e. The molecule has 1 heterocycles. The van der Waals surface area contributed by atoms with Crippen molar-refractivity contribution >= 4 is 15.7 Å². The van der Waals surface area contributed by atoms with Crippen LogP contribution in [0.5, 0.6) is 0 Å². The highest BCUT2D eigenvalue weighted by Gasteiger charge is 2.16. The van der Waals surface area contributed by atoms with Gasteiger partial charge in [-0.2, -0.15) is 0 Å². The Kier molecular flexibility index (Phi) is 1.59. The van der Waals surface area contributed by atoms with E-state index in [1.807, 2.05) is 0 Å². The highest BCUT2D eigenvalue weighted by Crippen LogP contribution is 2.11. The first kappa shape index (κ1) is 7.99. The van der Waals surface area contributed by atoms with E-state index in [-0.39, 0.29) is 10.8 Å². The molecule has 0 aliphatic heterocycles. The molecule has 0 saturated carbocycles. The van der Waals surface area contributed by atoms with Crippen molar-refractivity contribution < 1.29 is 8.42 Å². The lowest BCUT2D eigenvalue weighted by Gasteiger charge is -1.92. The van der Waals surface area contributed by atoms with Crippen LogP contribution in [0.2, 0.25) is 0 Å². The van der Waals surface area contributed by atoms with Crippen molar-refractivity contribution in [2.45, 2.75) is 5.03 Å². The minimum absolute atomic E-state index is 0.0625. The van der Waals surface area contributed by atoms with E-state index in [4.69, 9.17) is 5.73 Å². The molecule has 1 aromatic heterocycles. The summed E-state index contributed by atoms with van der Waals surface area (Å²) in [6, 6.07) is 0. The van der Waals surface area contributed by atoms with Crippen molar-refractivity contribution in [1.82, 2.24) is 15.0 Å². The molecule has 0 aliphatic rings. The second kappa shape index (κ2) is 2.19. The summed E-state index contributed by atoms with van der Waals surface area (Å²) in [6.07, 6.45) is 1.04. The monoisotopic (exact) mass is 176 g/mol. The van der Waals surface area contributed by atoms with Crippen LogP contribution in [0.25, 0.3) is 0 Å². The van der Waals surface area contributed by atoms with Gasteiger partial charge in [-0.25, -0.2) is 13.1 Å². The zero-order valence-corrected chi connectivity index (χ0v) is 6.96. The van der Waals surface area contributed by atoms with Gasteiger partial charge in [-0.05, 0) is 0 Å². The van der Waals surface area contributed by atoms with Crippen LogP contribution in [0, 0.1) is 0 Å². The molecule has 0 bridgehead atoms. The third-order valence-electron chi connectivity index (χ3n) is 1.19. The Hall–Kier alpha value is -1.11. The zero-order chi connectivity index (χ0) is 8.65. The highest BCUT2D eigenvalue weighted by molar-refractivity contribution is 7.90. The van der Waals surface area contributed by atoms with E-state index in [0.717, 1.165) is 6.26 Å². The lowest BCUT2D eigenvalue weighted by Crippen LogP contribution is -2.04. The molecule has 1 aromatic rings. The second-order valence-corrected chi connectivity index (χ2v) is 4.11. The number of rotatable bonds is 1. The largest absolute Gasteiger partial charge is 0.381 e. The van der Waals surface area contributed by atoms with E-state index in [2.05, 4.69) is 10.3 Å². The minimum Gasteiger partial charge on any atom is -0.381 e. The number of aryl methyl sites for hydroxylation is 1. The molecule has 0 amide bonds. The second-order valence-electron chi connectivity index (χ2n) is 2.18. The summed E-state index contributed by atoms with van der Waals surface area (Å²) in [7, 11) is -1.81. The number of anilines is 1. The molecule has 1 rings (SSSR count). The smallest absolute Gasteiger partial charge is 0.220 e. The van der Waals surface area contributed by atoms with Gasteiger partial charge in [0.1, 0.15) is 0 Å². The summed E-state index contributed by atoms with van der Waals surface area (Å²) in [5, 5.41) is 6.67. The summed E-state index contributed by atoms with van der Waals surface area (Å²) in [4.78, 5) is 0. The fourth-order valence-electron chi connectivity index (χ4n) is 0.610. The molecule has 7 heteroatoms. The van der Waals surface area contributed by atoms with Crippen LogP contribution in [0.15, 0.2) is 5.03 Å². The van der Waals surface area contributed by atoms with Gasteiger partial charge in [-0.15, -0.1) is 5.10 Å². The first-order valence-electron chi connectivity index (χ1n) is 2.78. The molecule has 0 spiro atoms. The molecular formula is C4H8N4O2S. The number of aromatic nitrogens is 3. The van der Waals surface area contributed by atoms with Gasteiger partial charge in [-0.3, -0.25) is 0 Å². The van der Waals surface area contributed by atoms with Gasteiger partial charge in [0.2, 0.25) is 5.03 Å². The Morgan fingerprint density at radius 3 is 2.27 bits per heavy atom. The van der Waals surface area contributed by atoms with Crippen LogP contribution in [0.1, 0.15) is 0 Å². The average Bonchev–Trinajstić information content (AvgIpc) is 2.11. The number of sulfone groups is 1. The molecule has 62 valence electrons. The molecular weight excluding hydrogens is 168 g/mol. The molecule has 0 saturated heterocycles. The number of hydrogen-bond acceptors (Lipinski definition) is 5. The van der Waals surface area contributed by atoms with Gasteiger partial charge < -0.3 is 5.73 Å². The van der Waals surface area contributed by atoms with E-state index >= 15 is 0 Å². The molecule has 0 aromatic carbocycles. The minimum atomic E-state index is -3.33. The first-order valence-corrected chi connectivity index (χ1v) is 4.67. The van der Waals surface area contributed by atoms with E-state index in [1.54, 1.807) is 0 Å². The third-order valence-corrected chi connectivity index (χ3v) is 2.18. The maximum atomic E-state index is 10.9. The van der Waals surface area contributed by atoms with Crippen LogP contribution >= 0.6 is 0 Å². The molecule has 2 N–H and O–H groups in total. The summed E-state index contributed by atoms with van der Waals surface area (Å²) >= 11 is 0. The molecule has 6 nitrogen and oxygen atoms in total. The maximum absolute atomic E-state index is 10.9. The quantitative estimate of drug-likeness (QED) is 0.580. The molecule has 0 fully saturated rings. The van der Waals surface area contributed by atoms with Gasteiger partial charge in [0.25, 0.3) is 0 Å². The van der Waals surface area contributed by atoms with Crippen LogP contribution < -0.4 is 5.73 Å². The fourth-order valence-corrected chi connectivity index (χ4v) is 1.31. The number of nitrogens with two attached hydrogens (primary N) is 1. The third kappa shape index (κ3) is 1.32. The van der Waals surface area contributed by atoms with E-state index in [1.165, 1.54) is 11.7 Å². The van der Waals surface area contributed by atoms with Crippen molar-refractivity contribution in [3.63, 3.8) is 0 Å². The predicted molar refractivity (Wildman–Crippen MR) is 38.5 cm³/mol. The van der Waals surface area contributed by atoms with E-state index < -0.39 is 9.84 Å². The highest BCUT2D eigenvalue weighted by atomic mass is 32.2. The summed E-state index contributed by atoms with van der Waals surface area (Å²) in [5.41, 5.74) is 5.35. The van der Waals surface area contributed by atoms with Gasteiger partial charge in [0.05, 0.1) is 0 Å². The van der Waals surface area contributed by atoms with Crippen molar-refractivity contribution in [1.29, 1.82) is 0 Å². The molecule has 0 atom stereocenters. The average molecular weight is 176 g/mol. The van der Waals surface area contributed by atoms with E-state index in [0.29, 0.717) is 0 Å². The van der Waals surface area contributed by atoms with Crippen molar-refractivity contribution in [3.8, 4) is 0 Å². The lowest BCUT2D eigenvalue weighted by molar-refractivity contribution is 0.598. The standard InChI is InChI=1S/C4H8N4O2S/c1-8-3(5)4(6-7-8)11(2,9)10/h5H2,1-2H3. The van der Waals surface area contributed by atoms with Crippen LogP contribution in [-0.2, 0) is 16.9 Å². The summed E-state index contributed by atoms with van der Waals surface area (Å²) in [5.74, 6) is 0.0625. The summed E-state index contributed by atoms with van der Waals surface area (Å²) in [6.45, 7) is 0. The number of nitrogen functional groups attached to an aromatic ring is 1. The molecule has 0 radical (unpaired) electrons. The molecule has 11 heavy (non-hydrogen) atoms. The van der Waals surface area contributed by atoms with Crippen LogP contribution in [-0.4, -0.2) is 29.7 Å². The Morgan fingerprint density at radius 1 is 1.55 bits per heavy atom. The number of hydrogen-bond donors (Lipinski definition) is 1. The summed E-state index contributed by atoms with van der Waals surface area (Å²) < 4.78 is 22.9. The Morgan fingerprint density at radius 2 is 2.09 bits per heavy atom. The first-order chi connectivity index (χ1) is 4.93. The van der Waals surface area contributed by atoms with Gasteiger partial charge in [0, 0.05) is 13.3 Å². The normalized spacial score (nSPS) is 11.8. The predicted octanol–water partition coefficient (Wildman–Crippen LogP) is -1.20.